The maximum atomic E-state index is 13.2. The SMILES string of the molecule is Cc1cnc(-c2cc(OC3CCNC(C(F)(F)F)C3)cc(C(=O)N[C@H](C)c3cnc(C(F)(F)F)nc3)c2)s1. The molecule has 2 unspecified atom stereocenters. The smallest absolute Gasteiger partial charge is 0.451 e. The van der Waals surface area contributed by atoms with E-state index in [0.29, 0.717) is 17.0 Å². The zero-order valence-electron chi connectivity index (χ0n) is 20.2. The molecule has 1 aromatic carbocycles. The van der Waals surface area contributed by atoms with Crippen LogP contribution in [0.15, 0.2) is 36.8 Å². The number of hydrogen-bond donors (Lipinski definition) is 2. The summed E-state index contributed by atoms with van der Waals surface area (Å²) in [6.45, 7) is 3.54. The third-order valence-electron chi connectivity index (χ3n) is 5.86. The van der Waals surface area contributed by atoms with E-state index in [-0.39, 0.29) is 29.8 Å². The van der Waals surface area contributed by atoms with Crippen LogP contribution in [0.5, 0.6) is 5.75 Å². The molecule has 1 saturated heterocycles. The Morgan fingerprint density at radius 2 is 1.82 bits per heavy atom. The van der Waals surface area contributed by atoms with Gasteiger partial charge in [0.1, 0.15) is 22.9 Å². The molecule has 1 amide bonds. The lowest BCUT2D eigenvalue weighted by molar-refractivity contribution is -0.166. The number of carbonyl (C=O) groups excluding carboxylic acids is 1. The average Bonchev–Trinajstić information content (AvgIpc) is 3.29. The van der Waals surface area contributed by atoms with Crippen molar-refractivity contribution in [3.8, 4) is 16.3 Å². The summed E-state index contributed by atoms with van der Waals surface area (Å²) in [5, 5.41) is 5.71. The molecular formula is C24H23F6N5O2S. The number of carbonyl (C=O) groups is 1. The largest absolute Gasteiger partial charge is 0.490 e. The molecule has 0 bridgehead atoms. The molecule has 3 atom stereocenters. The summed E-state index contributed by atoms with van der Waals surface area (Å²) in [7, 11) is 0. The van der Waals surface area contributed by atoms with Crippen molar-refractivity contribution >= 4 is 17.2 Å². The van der Waals surface area contributed by atoms with Gasteiger partial charge in [-0.15, -0.1) is 11.3 Å². The van der Waals surface area contributed by atoms with Crippen LogP contribution in [0.2, 0.25) is 0 Å². The van der Waals surface area contributed by atoms with Gasteiger partial charge in [-0.3, -0.25) is 4.79 Å². The van der Waals surface area contributed by atoms with Crippen LogP contribution < -0.4 is 15.4 Å². The van der Waals surface area contributed by atoms with Crippen molar-refractivity contribution in [3.05, 3.63) is 58.6 Å². The van der Waals surface area contributed by atoms with Crippen LogP contribution in [0, 0.1) is 6.92 Å². The molecule has 1 fully saturated rings. The van der Waals surface area contributed by atoms with Gasteiger partial charge in [-0.05, 0) is 45.0 Å². The van der Waals surface area contributed by atoms with Crippen LogP contribution in [0.4, 0.5) is 26.3 Å². The first-order valence-corrected chi connectivity index (χ1v) is 12.4. The van der Waals surface area contributed by atoms with Gasteiger partial charge in [0.05, 0.1) is 6.04 Å². The molecule has 2 N–H and O–H groups in total. The Morgan fingerprint density at radius 1 is 1.11 bits per heavy atom. The van der Waals surface area contributed by atoms with Gasteiger partial charge in [-0.1, -0.05) is 0 Å². The first-order valence-electron chi connectivity index (χ1n) is 11.5. The Hall–Kier alpha value is -3.26. The van der Waals surface area contributed by atoms with E-state index < -0.39 is 42.3 Å². The van der Waals surface area contributed by atoms with Gasteiger partial charge in [0.25, 0.3) is 5.91 Å². The molecule has 14 heteroatoms. The zero-order valence-corrected chi connectivity index (χ0v) is 21.0. The number of alkyl halides is 6. The number of nitrogens with one attached hydrogen (secondary N) is 2. The van der Waals surface area contributed by atoms with E-state index >= 15 is 0 Å². The second-order valence-electron chi connectivity index (χ2n) is 8.87. The van der Waals surface area contributed by atoms with Crippen molar-refractivity contribution in [2.24, 2.45) is 0 Å². The number of aromatic nitrogens is 3. The van der Waals surface area contributed by atoms with Crippen LogP contribution in [0.3, 0.4) is 0 Å². The molecule has 1 aliphatic heterocycles. The van der Waals surface area contributed by atoms with Crippen LogP contribution in [-0.4, -0.2) is 45.7 Å². The summed E-state index contributed by atoms with van der Waals surface area (Å²) in [6.07, 6.45) is -6.14. The minimum absolute atomic E-state index is 0.125. The van der Waals surface area contributed by atoms with E-state index in [4.69, 9.17) is 4.74 Å². The number of aryl methyl sites for hydroxylation is 1. The van der Waals surface area contributed by atoms with Gasteiger partial charge < -0.3 is 15.4 Å². The Bertz CT molecular complexity index is 1280. The molecule has 204 valence electrons. The molecule has 3 aromatic rings. The highest BCUT2D eigenvalue weighted by molar-refractivity contribution is 7.14. The lowest BCUT2D eigenvalue weighted by Gasteiger charge is -2.32. The first-order chi connectivity index (χ1) is 17.8. The van der Waals surface area contributed by atoms with Crippen LogP contribution in [-0.2, 0) is 6.18 Å². The van der Waals surface area contributed by atoms with Crippen molar-refractivity contribution in [1.82, 2.24) is 25.6 Å². The zero-order chi connectivity index (χ0) is 27.7. The quantitative estimate of drug-likeness (QED) is 0.389. The number of halogens is 6. The van der Waals surface area contributed by atoms with Gasteiger partial charge >= 0.3 is 12.4 Å². The molecule has 0 radical (unpaired) electrons. The summed E-state index contributed by atoms with van der Waals surface area (Å²) >= 11 is 1.37. The molecule has 4 rings (SSSR count). The summed E-state index contributed by atoms with van der Waals surface area (Å²) < 4.78 is 83.8. The topological polar surface area (TPSA) is 89.0 Å². The summed E-state index contributed by atoms with van der Waals surface area (Å²) in [5.74, 6) is -1.66. The van der Waals surface area contributed by atoms with E-state index in [2.05, 4.69) is 25.6 Å². The third kappa shape index (κ3) is 6.78. The molecule has 2 aromatic heterocycles. The number of rotatable bonds is 6. The second kappa shape index (κ2) is 10.8. The highest BCUT2D eigenvalue weighted by atomic mass is 32.1. The van der Waals surface area contributed by atoms with Gasteiger partial charge in [0.2, 0.25) is 5.82 Å². The molecular weight excluding hydrogens is 536 g/mol. The fourth-order valence-corrected chi connectivity index (χ4v) is 4.66. The number of thiazole rings is 1. The summed E-state index contributed by atoms with van der Waals surface area (Å²) in [6, 6.07) is 2.17. The average molecular weight is 560 g/mol. The lowest BCUT2D eigenvalue weighted by Crippen LogP contribution is -2.50. The highest BCUT2D eigenvalue weighted by Gasteiger charge is 2.43. The lowest BCUT2D eigenvalue weighted by atomic mass is 10.0. The molecule has 0 spiro atoms. The van der Waals surface area contributed by atoms with E-state index in [1.807, 2.05) is 6.92 Å². The number of benzene rings is 1. The minimum atomic E-state index is -4.69. The molecule has 3 heterocycles. The fraction of sp³-hybridized carbons (Fsp3) is 0.417. The standard InChI is InChI=1S/C24H23F6N5O2S/c1-12-9-32-21(38-12)15-5-14(6-18(7-15)37-17-3-4-31-19(8-17)23(25,26)27)20(36)35-13(2)16-10-33-22(34-11-16)24(28,29)30/h5-7,9-11,13,17,19,31H,3-4,8H2,1-2H3,(H,35,36)/t13-,17?,19?/m1/s1. The van der Waals surface area contributed by atoms with Crippen LogP contribution in [0.1, 0.15) is 52.4 Å². The van der Waals surface area contributed by atoms with Crippen molar-refractivity contribution in [2.45, 2.75) is 57.2 Å². The van der Waals surface area contributed by atoms with E-state index in [1.165, 1.54) is 17.4 Å². The summed E-state index contributed by atoms with van der Waals surface area (Å²) in [4.78, 5) is 25.0. The summed E-state index contributed by atoms with van der Waals surface area (Å²) in [5.41, 5.74) is 0.936. The Morgan fingerprint density at radius 3 is 2.42 bits per heavy atom. The normalized spacial score (nSPS) is 19.2. The number of piperidine rings is 1. The third-order valence-corrected chi connectivity index (χ3v) is 6.83. The second-order valence-corrected chi connectivity index (χ2v) is 10.1. The number of nitrogens with zero attached hydrogens (tertiary/aromatic N) is 3. The Labute approximate surface area is 217 Å². The molecule has 7 nitrogen and oxygen atoms in total. The molecule has 38 heavy (non-hydrogen) atoms. The minimum Gasteiger partial charge on any atom is -0.490 e. The number of amides is 1. The van der Waals surface area contributed by atoms with Gasteiger partial charge in [0.15, 0.2) is 0 Å². The van der Waals surface area contributed by atoms with Gasteiger partial charge in [-0.25, -0.2) is 15.0 Å². The maximum Gasteiger partial charge on any atom is 0.451 e. The molecule has 0 saturated carbocycles. The number of hydrogen-bond acceptors (Lipinski definition) is 7. The van der Waals surface area contributed by atoms with Gasteiger partial charge in [0, 0.05) is 46.6 Å². The van der Waals surface area contributed by atoms with Crippen LogP contribution in [0.25, 0.3) is 10.6 Å². The van der Waals surface area contributed by atoms with E-state index in [1.54, 1.807) is 25.3 Å². The first kappa shape index (κ1) is 27.8. The Balaban J connectivity index is 1.56. The molecule has 0 aliphatic carbocycles. The van der Waals surface area contributed by atoms with Crippen molar-refractivity contribution < 1.29 is 35.9 Å². The Kier molecular flexibility index (Phi) is 7.93. The van der Waals surface area contributed by atoms with Crippen LogP contribution >= 0.6 is 11.3 Å². The van der Waals surface area contributed by atoms with Gasteiger partial charge in [-0.2, -0.15) is 26.3 Å². The van der Waals surface area contributed by atoms with E-state index in [0.717, 1.165) is 17.3 Å². The maximum absolute atomic E-state index is 13.2. The number of ether oxygens (including phenoxy) is 1. The van der Waals surface area contributed by atoms with E-state index in [9.17, 15) is 31.1 Å². The van der Waals surface area contributed by atoms with Crippen molar-refractivity contribution in [2.75, 3.05) is 6.54 Å². The predicted molar refractivity (Wildman–Crippen MR) is 127 cm³/mol. The fourth-order valence-electron chi connectivity index (χ4n) is 3.91. The predicted octanol–water partition coefficient (Wildman–Crippen LogP) is 5.48. The highest BCUT2D eigenvalue weighted by Crippen LogP contribution is 2.33. The monoisotopic (exact) mass is 559 g/mol. The van der Waals surface area contributed by atoms with Crippen molar-refractivity contribution in [1.29, 1.82) is 0 Å². The molecule has 1 aliphatic rings. The van der Waals surface area contributed by atoms with Crippen molar-refractivity contribution in [3.63, 3.8) is 0 Å².